The summed E-state index contributed by atoms with van der Waals surface area (Å²) in [6.07, 6.45) is -1.02. The third-order valence-corrected chi connectivity index (χ3v) is 5.14. The highest BCUT2D eigenvalue weighted by Crippen LogP contribution is 2.24. The molecule has 0 spiro atoms. The van der Waals surface area contributed by atoms with Gasteiger partial charge in [-0.15, -0.1) is 0 Å². The lowest BCUT2D eigenvalue weighted by Crippen LogP contribution is -2.48. The summed E-state index contributed by atoms with van der Waals surface area (Å²) in [7, 11) is -2.89. The Morgan fingerprint density at radius 3 is 2.86 bits per heavy atom. The van der Waals surface area contributed by atoms with E-state index in [1.807, 2.05) is 0 Å². The fourth-order valence-corrected chi connectivity index (χ4v) is 3.57. The predicted molar refractivity (Wildman–Crippen MR) is 71.9 cm³/mol. The number of halogens is 2. The lowest BCUT2D eigenvalue weighted by Gasteiger charge is -2.30. The molecule has 0 saturated carbocycles. The van der Waals surface area contributed by atoms with Crippen LogP contribution in [0.5, 0.6) is 0 Å². The van der Waals surface area contributed by atoms with E-state index in [-0.39, 0.29) is 24.7 Å². The molecule has 1 aromatic carbocycles. The number of nitrogens with zero attached hydrogens (tertiary/aromatic N) is 1. The average Bonchev–Trinajstić information content (AvgIpc) is 2.46. The molecule has 1 heterocycles. The monoisotopic (exact) mass is 337 g/mol. The number of hydrogen-bond acceptors (Lipinski definition) is 5. The van der Waals surface area contributed by atoms with Crippen molar-refractivity contribution < 1.29 is 27.1 Å². The molecule has 116 valence electrons. The number of carbonyl (C=O) groups excluding carboxylic acids is 1. The summed E-state index contributed by atoms with van der Waals surface area (Å²) in [6, 6.07) is 3.30. The minimum absolute atomic E-state index is 0.0220. The van der Waals surface area contributed by atoms with Gasteiger partial charge in [0.2, 0.25) is 10.0 Å². The largest absolute Gasteiger partial charge is 0.467 e. The summed E-state index contributed by atoms with van der Waals surface area (Å²) in [5.74, 6) is -1.62. The molecule has 9 heteroatoms. The van der Waals surface area contributed by atoms with Gasteiger partial charge in [0, 0.05) is 11.6 Å². The summed E-state index contributed by atoms with van der Waals surface area (Å²) < 4.78 is 49.3. The Balaban J connectivity index is 2.28. The minimum Gasteiger partial charge on any atom is -0.467 e. The van der Waals surface area contributed by atoms with E-state index < -0.39 is 32.8 Å². The maximum Gasteiger partial charge on any atom is 0.336 e. The van der Waals surface area contributed by atoms with Crippen LogP contribution in [0.3, 0.4) is 0 Å². The number of esters is 1. The van der Waals surface area contributed by atoms with Gasteiger partial charge in [0.15, 0.2) is 6.10 Å². The second kappa shape index (κ2) is 6.27. The van der Waals surface area contributed by atoms with E-state index in [4.69, 9.17) is 16.3 Å². The van der Waals surface area contributed by atoms with E-state index in [2.05, 4.69) is 4.74 Å². The fraction of sp³-hybridized carbons (Fsp3) is 0.417. The van der Waals surface area contributed by atoms with Crippen LogP contribution in [-0.4, -0.2) is 51.6 Å². The van der Waals surface area contributed by atoms with Crippen molar-refractivity contribution in [3.63, 3.8) is 0 Å². The Morgan fingerprint density at radius 1 is 1.52 bits per heavy atom. The molecule has 6 nitrogen and oxygen atoms in total. The van der Waals surface area contributed by atoms with Gasteiger partial charge in [0.05, 0.1) is 20.3 Å². The SMILES string of the molecule is COC(=O)C1CN(S(=O)(=O)c2ccc(Cl)cc2F)CCO1. The molecule has 21 heavy (non-hydrogen) atoms. The second-order valence-corrected chi connectivity index (χ2v) is 6.66. The van der Waals surface area contributed by atoms with Crippen molar-refractivity contribution in [3.8, 4) is 0 Å². The highest BCUT2D eigenvalue weighted by atomic mass is 35.5. The number of morpholine rings is 1. The number of benzene rings is 1. The van der Waals surface area contributed by atoms with Crippen molar-refractivity contribution >= 4 is 27.6 Å². The van der Waals surface area contributed by atoms with Crippen molar-refractivity contribution in [3.05, 3.63) is 29.0 Å². The van der Waals surface area contributed by atoms with Gasteiger partial charge in [0.1, 0.15) is 10.7 Å². The van der Waals surface area contributed by atoms with Crippen molar-refractivity contribution in [1.29, 1.82) is 0 Å². The number of rotatable bonds is 3. The first-order valence-electron chi connectivity index (χ1n) is 6.01. The predicted octanol–water partition coefficient (Wildman–Crippen LogP) is 1.04. The third kappa shape index (κ3) is 3.34. The van der Waals surface area contributed by atoms with Crippen LogP contribution in [0, 0.1) is 5.82 Å². The number of ether oxygens (including phenoxy) is 2. The van der Waals surface area contributed by atoms with E-state index in [1.165, 1.54) is 13.2 Å². The highest BCUT2D eigenvalue weighted by Gasteiger charge is 2.35. The van der Waals surface area contributed by atoms with E-state index in [9.17, 15) is 17.6 Å². The molecule has 0 bridgehead atoms. The fourth-order valence-electron chi connectivity index (χ4n) is 1.94. The van der Waals surface area contributed by atoms with Gasteiger partial charge in [-0.2, -0.15) is 4.31 Å². The smallest absolute Gasteiger partial charge is 0.336 e. The molecule has 0 aliphatic carbocycles. The van der Waals surface area contributed by atoms with E-state index >= 15 is 0 Å². The average molecular weight is 338 g/mol. The molecule has 1 aromatic rings. The number of carbonyl (C=O) groups is 1. The van der Waals surface area contributed by atoms with E-state index in [0.717, 1.165) is 16.4 Å². The summed E-state index contributed by atoms with van der Waals surface area (Å²) >= 11 is 5.61. The zero-order valence-corrected chi connectivity index (χ0v) is 12.7. The first-order valence-corrected chi connectivity index (χ1v) is 7.82. The lowest BCUT2D eigenvalue weighted by atomic mass is 10.3. The van der Waals surface area contributed by atoms with E-state index in [0.29, 0.717) is 0 Å². The topological polar surface area (TPSA) is 72.9 Å². The number of hydrogen-bond donors (Lipinski definition) is 0. The molecule has 1 fully saturated rings. The maximum atomic E-state index is 13.8. The highest BCUT2D eigenvalue weighted by molar-refractivity contribution is 7.89. The van der Waals surface area contributed by atoms with Crippen LogP contribution < -0.4 is 0 Å². The molecule has 0 amide bonds. The third-order valence-electron chi connectivity index (χ3n) is 3.01. The van der Waals surface area contributed by atoms with Crippen LogP contribution in [-0.2, 0) is 24.3 Å². The van der Waals surface area contributed by atoms with Crippen molar-refractivity contribution in [2.75, 3.05) is 26.8 Å². The molecule has 1 atom stereocenters. The molecule has 0 aromatic heterocycles. The summed E-state index contributed by atoms with van der Waals surface area (Å²) in [5.41, 5.74) is 0. The zero-order valence-electron chi connectivity index (χ0n) is 11.1. The first kappa shape index (κ1) is 16.2. The molecule has 0 radical (unpaired) electrons. The molecular formula is C12H13ClFNO5S. The van der Waals surface area contributed by atoms with E-state index in [1.54, 1.807) is 0 Å². The molecule has 1 aliphatic heterocycles. The molecule has 1 aliphatic rings. The Bertz CT molecular complexity index is 651. The van der Waals surface area contributed by atoms with Gasteiger partial charge < -0.3 is 9.47 Å². The molecule has 1 unspecified atom stereocenters. The molecule has 1 saturated heterocycles. The van der Waals surface area contributed by atoms with Gasteiger partial charge >= 0.3 is 5.97 Å². The summed E-state index contributed by atoms with van der Waals surface area (Å²) in [4.78, 5) is 10.9. The minimum atomic E-state index is -4.07. The van der Waals surface area contributed by atoms with Crippen LogP contribution in [0.1, 0.15) is 0 Å². The van der Waals surface area contributed by atoms with Crippen molar-refractivity contribution in [2.24, 2.45) is 0 Å². The van der Waals surface area contributed by atoms with Crippen molar-refractivity contribution in [1.82, 2.24) is 4.31 Å². The Kier molecular flexibility index (Phi) is 4.82. The van der Waals surface area contributed by atoms with Crippen LogP contribution >= 0.6 is 11.6 Å². The molecule has 2 rings (SSSR count). The Hall–Kier alpha value is -1.22. The van der Waals surface area contributed by atoms with Crippen LogP contribution in [0.2, 0.25) is 5.02 Å². The molecular weight excluding hydrogens is 325 g/mol. The normalized spacial score (nSPS) is 20.2. The van der Waals surface area contributed by atoms with Gasteiger partial charge in [0.25, 0.3) is 0 Å². The maximum absolute atomic E-state index is 13.8. The van der Waals surface area contributed by atoms with Gasteiger partial charge in [-0.25, -0.2) is 17.6 Å². The second-order valence-electron chi connectivity index (χ2n) is 4.32. The van der Waals surface area contributed by atoms with Crippen LogP contribution in [0.25, 0.3) is 0 Å². The van der Waals surface area contributed by atoms with Gasteiger partial charge in [-0.05, 0) is 18.2 Å². The standard InChI is InChI=1S/C12H13ClFNO5S/c1-19-12(16)10-7-15(4-5-20-10)21(17,18)11-3-2-8(13)6-9(11)14/h2-3,6,10H,4-5,7H2,1H3. The van der Waals surface area contributed by atoms with Gasteiger partial charge in [-0.3, -0.25) is 0 Å². The Morgan fingerprint density at radius 2 is 2.24 bits per heavy atom. The zero-order chi connectivity index (χ0) is 15.6. The summed E-state index contributed by atoms with van der Waals surface area (Å²) in [6.45, 7) is -0.177. The number of sulfonamides is 1. The molecule has 0 N–H and O–H groups in total. The number of methoxy groups -OCH3 is 1. The first-order chi connectivity index (χ1) is 9.86. The Labute approximate surface area is 126 Å². The van der Waals surface area contributed by atoms with Crippen molar-refractivity contribution in [2.45, 2.75) is 11.0 Å². The van der Waals surface area contributed by atoms with Crippen LogP contribution in [0.15, 0.2) is 23.1 Å². The lowest BCUT2D eigenvalue weighted by molar-refractivity contribution is -0.157. The quantitative estimate of drug-likeness (QED) is 0.771. The van der Waals surface area contributed by atoms with Crippen LogP contribution in [0.4, 0.5) is 4.39 Å². The summed E-state index contributed by atoms with van der Waals surface area (Å²) in [5, 5.41) is 0.0980. The van der Waals surface area contributed by atoms with Gasteiger partial charge in [-0.1, -0.05) is 11.6 Å².